The van der Waals surface area contributed by atoms with E-state index in [1.807, 2.05) is 42.8 Å². The maximum Gasteiger partial charge on any atom is 0.291 e. The molecule has 2 heterocycles. The van der Waals surface area contributed by atoms with Crippen molar-refractivity contribution in [3.05, 3.63) is 94.1 Å². The van der Waals surface area contributed by atoms with Crippen LogP contribution in [-0.4, -0.2) is 15.7 Å². The Labute approximate surface area is 181 Å². The highest BCUT2D eigenvalue weighted by Gasteiger charge is 2.29. The molecule has 0 bridgehead atoms. The number of hydrogen-bond acceptors (Lipinski definition) is 3. The molecule has 0 fully saturated rings. The van der Waals surface area contributed by atoms with E-state index in [-0.39, 0.29) is 5.91 Å². The fourth-order valence-electron chi connectivity index (χ4n) is 4.23. The van der Waals surface area contributed by atoms with Gasteiger partial charge in [-0.05, 0) is 49.9 Å². The number of carbonyl (C=O) groups excluding carboxylic acids is 1. The van der Waals surface area contributed by atoms with Crippen LogP contribution in [0.4, 0.5) is 5.69 Å². The van der Waals surface area contributed by atoms with Crippen LogP contribution in [0.1, 0.15) is 44.1 Å². The van der Waals surface area contributed by atoms with Gasteiger partial charge in [-0.2, -0.15) is 5.10 Å². The average Bonchev–Trinajstić information content (AvgIpc) is 3.31. The lowest BCUT2D eigenvalue weighted by Gasteiger charge is -2.09. The van der Waals surface area contributed by atoms with E-state index >= 15 is 0 Å². The Kier molecular flexibility index (Phi) is 4.74. The Balaban J connectivity index is 1.45. The summed E-state index contributed by atoms with van der Waals surface area (Å²) in [7, 11) is 0. The van der Waals surface area contributed by atoms with Gasteiger partial charge in [-0.1, -0.05) is 48.0 Å². The third-order valence-electron chi connectivity index (χ3n) is 5.98. The SMILES string of the molecule is Cc1ccc(Cn2cc3c(n2)-c2c(oc(C(=O)Nc4ccccc4C)c2C)CC3)cc1. The van der Waals surface area contributed by atoms with Crippen molar-refractivity contribution in [3.63, 3.8) is 0 Å². The predicted octanol–water partition coefficient (Wildman–Crippen LogP) is 5.47. The van der Waals surface area contributed by atoms with Crippen LogP contribution < -0.4 is 5.32 Å². The van der Waals surface area contributed by atoms with Gasteiger partial charge in [0, 0.05) is 29.4 Å². The number of aromatic nitrogens is 2. The van der Waals surface area contributed by atoms with Crippen molar-refractivity contribution in [2.45, 2.75) is 40.2 Å². The van der Waals surface area contributed by atoms with E-state index in [2.05, 4.69) is 42.7 Å². The zero-order valence-electron chi connectivity index (χ0n) is 18.0. The maximum atomic E-state index is 13.0. The molecule has 0 radical (unpaired) electrons. The minimum atomic E-state index is -0.221. The fourth-order valence-corrected chi connectivity index (χ4v) is 4.23. The normalized spacial score (nSPS) is 12.4. The average molecular weight is 412 g/mol. The van der Waals surface area contributed by atoms with Gasteiger partial charge in [-0.15, -0.1) is 0 Å². The van der Waals surface area contributed by atoms with E-state index < -0.39 is 0 Å². The van der Waals surface area contributed by atoms with Gasteiger partial charge in [0.05, 0.1) is 12.2 Å². The van der Waals surface area contributed by atoms with Gasteiger partial charge in [0.2, 0.25) is 0 Å². The van der Waals surface area contributed by atoms with Gasteiger partial charge in [0.15, 0.2) is 5.76 Å². The van der Waals surface area contributed by atoms with E-state index in [4.69, 9.17) is 9.52 Å². The summed E-state index contributed by atoms with van der Waals surface area (Å²) in [6.45, 7) is 6.73. The first-order valence-electron chi connectivity index (χ1n) is 10.6. The molecular weight excluding hydrogens is 386 g/mol. The molecule has 2 aromatic carbocycles. The molecule has 1 aliphatic rings. The summed E-state index contributed by atoms with van der Waals surface area (Å²) in [6, 6.07) is 16.3. The standard InChI is InChI=1S/C26H25N3O2/c1-16-8-10-19(11-9-16)14-29-15-20-12-13-22-23(24(20)28-29)18(3)25(31-22)26(30)27-21-7-5-4-6-17(21)2/h4-11,15H,12-14H2,1-3H3,(H,27,30). The molecule has 156 valence electrons. The van der Waals surface area contributed by atoms with Gasteiger partial charge >= 0.3 is 0 Å². The topological polar surface area (TPSA) is 60.1 Å². The molecule has 31 heavy (non-hydrogen) atoms. The summed E-state index contributed by atoms with van der Waals surface area (Å²) in [4.78, 5) is 13.0. The first-order valence-corrected chi connectivity index (χ1v) is 10.6. The molecule has 2 aromatic heterocycles. The van der Waals surface area contributed by atoms with Crippen molar-refractivity contribution in [2.75, 3.05) is 5.32 Å². The second kappa shape index (κ2) is 7.58. The molecule has 5 rings (SSSR count). The second-order valence-corrected chi connectivity index (χ2v) is 8.31. The number of para-hydroxylation sites is 1. The first-order chi connectivity index (χ1) is 15.0. The molecule has 0 aliphatic heterocycles. The lowest BCUT2D eigenvalue weighted by atomic mass is 9.93. The molecular formula is C26H25N3O2. The van der Waals surface area contributed by atoms with Crippen LogP contribution in [0.15, 0.2) is 59.1 Å². The Morgan fingerprint density at radius 2 is 1.84 bits per heavy atom. The minimum Gasteiger partial charge on any atom is -0.455 e. The molecule has 0 unspecified atom stereocenters. The van der Waals surface area contributed by atoms with Gasteiger partial charge in [0.1, 0.15) is 5.76 Å². The fraction of sp³-hybridized carbons (Fsp3) is 0.231. The smallest absolute Gasteiger partial charge is 0.291 e. The van der Waals surface area contributed by atoms with Crippen molar-refractivity contribution in [2.24, 2.45) is 0 Å². The summed E-state index contributed by atoms with van der Waals surface area (Å²) in [5, 5.41) is 7.85. The summed E-state index contributed by atoms with van der Waals surface area (Å²) in [5.74, 6) is 0.997. The molecule has 0 atom stereocenters. The monoisotopic (exact) mass is 411 g/mol. The third-order valence-corrected chi connectivity index (χ3v) is 5.98. The Hall–Kier alpha value is -3.60. The number of benzene rings is 2. The first kappa shape index (κ1) is 19.4. The number of amides is 1. The lowest BCUT2D eigenvalue weighted by molar-refractivity contribution is 0.0994. The van der Waals surface area contributed by atoms with Crippen molar-refractivity contribution < 1.29 is 9.21 Å². The summed E-state index contributed by atoms with van der Waals surface area (Å²) in [5.41, 5.74) is 8.23. The molecule has 0 saturated carbocycles. The van der Waals surface area contributed by atoms with Crippen LogP contribution in [0.25, 0.3) is 11.3 Å². The van der Waals surface area contributed by atoms with Crippen LogP contribution in [0.2, 0.25) is 0 Å². The van der Waals surface area contributed by atoms with Gasteiger partial charge in [0.25, 0.3) is 5.91 Å². The van der Waals surface area contributed by atoms with Crippen LogP contribution in [0.5, 0.6) is 0 Å². The molecule has 0 spiro atoms. The number of rotatable bonds is 4. The number of nitrogens with zero attached hydrogens (tertiary/aromatic N) is 2. The third kappa shape index (κ3) is 3.56. The van der Waals surface area contributed by atoms with Gasteiger partial charge in [-0.3, -0.25) is 9.48 Å². The number of anilines is 1. The second-order valence-electron chi connectivity index (χ2n) is 8.31. The quantitative estimate of drug-likeness (QED) is 0.485. The zero-order valence-corrected chi connectivity index (χ0v) is 18.0. The minimum absolute atomic E-state index is 0.221. The molecule has 0 saturated heterocycles. The van der Waals surface area contributed by atoms with Crippen LogP contribution in [0, 0.1) is 20.8 Å². The van der Waals surface area contributed by atoms with Crippen LogP contribution in [0.3, 0.4) is 0 Å². The molecule has 1 amide bonds. The van der Waals surface area contributed by atoms with E-state index in [1.165, 1.54) is 16.7 Å². The van der Waals surface area contributed by atoms with Crippen molar-refractivity contribution in [1.82, 2.24) is 9.78 Å². The number of fused-ring (bicyclic) bond motifs is 3. The highest BCUT2D eigenvalue weighted by molar-refractivity contribution is 6.05. The van der Waals surface area contributed by atoms with Crippen molar-refractivity contribution >= 4 is 11.6 Å². The van der Waals surface area contributed by atoms with E-state index in [0.717, 1.165) is 53.2 Å². The highest BCUT2D eigenvalue weighted by atomic mass is 16.4. The summed E-state index contributed by atoms with van der Waals surface area (Å²) < 4.78 is 8.04. The largest absolute Gasteiger partial charge is 0.455 e. The zero-order chi connectivity index (χ0) is 21.5. The summed E-state index contributed by atoms with van der Waals surface area (Å²) >= 11 is 0. The number of aryl methyl sites for hydroxylation is 4. The number of nitrogens with one attached hydrogen (secondary N) is 1. The Bertz CT molecular complexity index is 1280. The number of hydrogen-bond donors (Lipinski definition) is 1. The summed E-state index contributed by atoms with van der Waals surface area (Å²) in [6.07, 6.45) is 3.76. The maximum absolute atomic E-state index is 13.0. The van der Waals surface area contributed by atoms with Crippen LogP contribution in [-0.2, 0) is 19.4 Å². The number of carbonyl (C=O) groups is 1. The van der Waals surface area contributed by atoms with Crippen molar-refractivity contribution in [1.29, 1.82) is 0 Å². The number of furan rings is 1. The molecule has 5 nitrogen and oxygen atoms in total. The van der Waals surface area contributed by atoms with Gasteiger partial charge < -0.3 is 9.73 Å². The highest BCUT2D eigenvalue weighted by Crippen LogP contribution is 2.38. The lowest BCUT2D eigenvalue weighted by Crippen LogP contribution is -2.13. The Morgan fingerprint density at radius 1 is 1.06 bits per heavy atom. The predicted molar refractivity (Wildman–Crippen MR) is 121 cm³/mol. The van der Waals surface area contributed by atoms with Crippen molar-refractivity contribution in [3.8, 4) is 11.3 Å². The molecule has 4 aromatic rings. The van der Waals surface area contributed by atoms with Crippen LogP contribution >= 0.6 is 0 Å². The van der Waals surface area contributed by atoms with E-state index in [1.54, 1.807) is 0 Å². The molecule has 1 N–H and O–H groups in total. The van der Waals surface area contributed by atoms with E-state index in [9.17, 15) is 4.79 Å². The van der Waals surface area contributed by atoms with Gasteiger partial charge in [-0.25, -0.2) is 0 Å². The molecule has 1 aliphatic carbocycles. The van der Waals surface area contributed by atoms with E-state index in [0.29, 0.717) is 5.76 Å². The molecule has 5 heteroatoms. The Morgan fingerprint density at radius 3 is 2.61 bits per heavy atom.